The molecule has 0 heterocycles. The van der Waals surface area contributed by atoms with Crippen molar-refractivity contribution in [2.75, 3.05) is 0 Å². The van der Waals surface area contributed by atoms with E-state index in [0.29, 0.717) is 12.8 Å². The van der Waals surface area contributed by atoms with Crippen molar-refractivity contribution in [2.45, 2.75) is 19.8 Å². The molecule has 0 spiro atoms. The Morgan fingerprint density at radius 3 is 2.92 bits per heavy atom. The Balaban J connectivity index is 2.63. The van der Waals surface area contributed by atoms with Gasteiger partial charge >= 0.3 is 0 Å². The van der Waals surface area contributed by atoms with Crippen LogP contribution in [0.5, 0.6) is 0 Å². The van der Waals surface area contributed by atoms with Crippen LogP contribution < -0.4 is 0 Å². The minimum atomic E-state index is 0.223. The maximum atomic E-state index is 11.3. The van der Waals surface area contributed by atoms with Gasteiger partial charge in [-0.3, -0.25) is 4.79 Å². The minimum absolute atomic E-state index is 0.223. The van der Waals surface area contributed by atoms with Crippen molar-refractivity contribution >= 4 is 5.78 Å². The fraction of sp³-hybridized carbons (Fsp3) is 0.250. The highest BCUT2D eigenvalue weighted by atomic mass is 16.1. The van der Waals surface area contributed by atoms with Crippen LogP contribution in [0.4, 0.5) is 0 Å². The highest BCUT2D eigenvalue weighted by molar-refractivity contribution is 5.82. The van der Waals surface area contributed by atoms with Crippen LogP contribution in [0.1, 0.15) is 17.5 Å². The Morgan fingerprint density at radius 1 is 1.54 bits per heavy atom. The summed E-state index contributed by atoms with van der Waals surface area (Å²) < 4.78 is 0. The van der Waals surface area contributed by atoms with E-state index in [0.717, 1.165) is 5.56 Å². The predicted molar refractivity (Wildman–Crippen MR) is 54.7 cm³/mol. The smallest absolute Gasteiger partial charge is 0.140 e. The first kappa shape index (κ1) is 9.72. The van der Waals surface area contributed by atoms with Crippen molar-refractivity contribution < 1.29 is 4.79 Å². The third-order valence-corrected chi connectivity index (χ3v) is 1.86. The quantitative estimate of drug-likeness (QED) is 0.641. The monoisotopic (exact) mass is 174 g/mol. The lowest BCUT2D eigenvalue weighted by Crippen LogP contribution is -2.00. The van der Waals surface area contributed by atoms with Gasteiger partial charge in [0.15, 0.2) is 0 Å². The summed E-state index contributed by atoms with van der Waals surface area (Å²) >= 11 is 0. The number of hydrogen-bond acceptors (Lipinski definition) is 1. The van der Waals surface area contributed by atoms with Gasteiger partial charge in [0.1, 0.15) is 5.78 Å². The van der Waals surface area contributed by atoms with Crippen LogP contribution in [0.3, 0.4) is 0 Å². The normalized spacial score (nSPS) is 9.62. The zero-order chi connectivity index (χ0) is 9.68. The van der Waals surface area contributed by atoms with Gasteiger partial charge in [-0.15, -0.1) is 6.58 Å². The molecule has 0 saturated heterocycles. The van der Waals surface area contributed by atoms with Gasteiger partial charge in [-0.25, -0.2) is 0 Å². The van der Waals surface area contributed by atoms with Gasteiger partial charge in [0.25, 0.3) is 0 Å². The third kappa shape index (κ3) is 3.24. The van der Waals surface area contributed by atoms with Crippen molar-refractivity contribution in [3.63, 3.8) is 0 Å². The second-order valence-electron chi connectivity index (χ2n) is 3.20. The zero-order valence-corrected chi connectivity index (χ0v) is 7.92. The van der Waals surface area contributed by atoms with Crippen LogP contribution in [0, 0.1) is 6.92 Å². The molecule has 0 fully saturated rings. The summed E-state index contributed by atoms with van der Waals surface area (Å²) in [5.74, 6) is 0.223. The summed E-state index contributed by atoms with van der Waals surface area (Å²) in [4.78, 5) is 11.3. The fourth-order valence-electron chi connectivity index (χ4n) is 1.28. The Hall–Kier alpha value is -1.37. The van der Waals surface area contributed by atoms with E-state index in [-0.39, 0.29) is 5.78 Å². The molecular weight excluding hydrogens is 160 g/mol. The Labute approximate surface area is 79.1 Å². The standard InChI is InChI=1S/C12H14O/c1-3-5-12(13)9-11-7-4-6-10(2)8-11/h3-4,6-8H,1,5,9H2,2H3. The molecule has 0 radical (unpaired) electrons. The van der Waals surface area contributed by atoms with Crippen LogP contribution in [0.15, 0.2) is 36.9 Å². The number of benzene rings is 1. The minimum Gasteiger partial charge on any atom is -0.299 e. The molecule has 0 N–H and O–H groups in total. The van der Waals surface area contributed by atoms with E-state index in [9.17, 15) is 4.79 Å². The molecule has 13 heavy (non-hydrogen) atoms. The average molecular weight is 174 g/mol. The van der Waals surface area contributed by atoms with Crippen molar-refractivity contribution in [1.82, 2.24) is 0 Å². The van der Waals surface area contributed by atoms with Crippen molar-refractivity contribution in [2.24, 2.45) is 0 Å². The summed E-state index contributed by atoms with van der Waals surface area (Å²) in [5.41, 5.74) is 2.29. The van der Waals surface area contributed by atoms with E-state index in [2.05, 4.69) is 6.58 Å². The lowest BCUT2D eigenvalue weighted by atomic mass is 10.1. The Kier molecular flexibility index (Phi) is 3.44. The number of allylic oxidation sites excluding steroid dienone is 1. The maximum Gasteiger partial charge on any atom is 0.140 e. The lowest BCUT2D eigenvalue weighted by molar-refractivity contribution is -0.117. The second kappa shape index (κ2) is 4.61. The molecule has 1 rings (SSSR count). The van der Waals surface area contributed by atoms with E-state index in [1.54, 1.807) is 6.08 Å². The lowest BCUT2D eigenvalue weighted by Gasteiger charge is -1.99. The van der Waals surface area contributed by atoms with Crippen molar-refractivity contribution in [3.05, 3.63) is 48.0 Å². The number of carbonyl (C=O) groups is 1. The van der Waals surface area contributed by atoms with Crippen LogP contribution in [-0.2, 0) is 11.2 Å². The van der Waals surface area contributed by atoms with Crippen molar-refractivity contribution in [3.8, 4) is 0 Å². The van der Waals surface area contributed by atoms with E-state index < -0.39 is 0 Å². The first-order chi connectivity index (χ1) is 6.22. The first-order valence-corrected chi connectivity index (χ1v) is 4.40. The van der Waals surface area contributed by atoms with E-state index in [1.165, 1.54) is 5.56 Å². The summed E-state index contributed by atoms with van der Waals surface area (Å²) in [7, 11) is 0. The van der Waals surface area contributed by atoms with Crippen LogP contribution in [-0.4, -0.2) is 5.78 Å². The first-order valence-electron chi connectivity index (χ1n) is 4.40. The van der Waals surface area contributed by atoms with E-state index in [4.69, 9.17) is 0 Å². The van der Waals surface area contributed by atoms with Gasteiger partial charge in [-0.2, -0.15) is 0 Å². The molecule has 0 aliphatic carbocycles. The van der Waals surface area contributed by atoms with Gasteiger partial charge in [0.05, 0.1) is 0 Å². The number of carbonyl (C=O) groups excluding carboxylic acids is 1. The number of ketones is 1. The third-order valence-electron chi connectivity index (χ3n) is 1.86. The van der Waals surface area contributed by atoms with Crippen LogP contribution >= 0.6 is 0 Å². The summed E-state index contributed by atoms with van der Waals surface area (Å²) in [6.07, 6.45) is 2.64. The summed E-state index contributed by atoms with van der Waals surface area (Å²) in [5, 5.41) is 0. The van der Waals surface area contributed by atoms with Gasteiger partial charge < -0.3 is 0 Å². The fourth-order valence-corrected chi connectivity index (χ4v) is 1.28. The predicted octanol–water partition coefficient (Wildman–Crippen LogP) is 2.68. The van der Waals surface area contributed by atoms with Gasteiger partial charge in [-0.05, 0) is 12.5 Å². The molecule has 0 atom stereocenters. The van der Waals surface area contributed by atoms with Gasteiger partial charge in [0.2, 0.25) is 0 Å². The molecule has 1 aromatic rings. The number of hydrogen-bond donors (Lipinski definition) is 0. The van der Waals surface area contributed by atoms with E-state index >= 15 is 0 Å². The zero-order valence-electron chi connectivity index (χ0n) is 7.92. The topological polar surface area (TPSA) is 17.1 Å². The van der Waals surface area contributed by atoms with E-state index in [1.807, 2.05) is 31.2 Å². The number of rotatable bonds is 4. The summed E-state index contributed by atoms with van der Waals surface area (Å²) in [6.45, 7) is 5.57. The molecule has 0 unspecified atom stereocenters. The highest BCUT2D eigenvalue weighted by Crippen LogP contribution is 2.05. The molecule has 0 bridgehead atoms. The number of Topliss-reactive ketones (excluding diaryl/α,β-unsaturated/α-hetero) is 1. The molecule has 0 amide bonds. The Bertz CT molecular complexity index is 313. The van der Waals surface area contributed by atoms with Crippen LogP contribution in [0.2, 0.25) is 0 Å². The maximum absolute atomic E-state index is 11.3. The molecule has 0 aliphatic heterocycles. The summed E-state index contributed by atoms with van der Waals surface area (Å²) in [6, 6.07) is 8.03. The molecule has 1 aromatic carbocycles. The van der Waals surface area contributed by atoms with Crippen molar-refractivity contribution in [1.29, 1.82) is 0 Å². The number of aryl methyl sites for hydroxylation is 1. The average Bonchev–Trinajstić information content (AvgIpc) is 2.04. The van der Waals surface area contributed by atoms with Gasteiger partial charge in [0, 0.05) is 12.8 Å². The largest absolute Gasteiger partial charge is 0.299 e. The highest BCUT2D eigenvalue weighted by Gasteiger charge is 2.00. The van der Waals surface area contributed by atoms with Crippen LogP contribution in [0.25, 0.3) is 0 Å². The Morgan fingerprint density at radius 2 is 2.31 bits per heavy atom. The van der Waals surface area contributed by atoms with Gasteiger partial charge in [-0.1, -0.05) is 35.9 Å². The molecular formula is C12H14O. The molecule has 0 aromatic heterocycles. The molecule has 0 saturated carbocycles. The SMILES string of the molecule is C=CCC(=O)Cc1cccc(C)c1. The molecule has 1 heteroatoms. The molecule has 1 nitrogen and oxygen atoms in total. The second-order valence-corrected chi connectivity index (χ2v) is 3.20. The molecule has 0 aliphatic rings. The molecule has 68 valence electrons.